The Balaban J connectivity index is 2.26. The van der Waals surface area contributed by atoms with Crippen LogP contribution < -0.4 is 10.1 Å². The molecular formula is C15H16BrNO2. The van der Waals surface area contributed by atoms with Gasteiger partial charge in [-0.15, -0.1) is 0 Å². The third-order valence-corrected chi connectivity index (χ3v) is 3.19. The van der Waals surface area contributed by atoms with Crippen LogP contribution in [-0.2, 0) is 13.2 Å². The molecule has 2 rings (SSSR count). The molecule has 0 bridgehead atoms. The van der Waals surface area contributed by atoms with Crippen molar-refractivity contribution < 1.29 is 9.84 Å². The lowest BCUT2D eigenvalue weighted by Gasteiger charge is -2.12. The number of benzene rings is 2. The van der Waals surface area contributed by atoms with Crippen molar-refractivity contribution in [1.82, 2.24) is 5.32 Å². The highest BCUT2D eigenvalue weighted by molar-refractivity contribution is 9.10. The van der Waals surface area contributed by atoms with E-state index in [4.69, 9.17) is 9.84 Å². The minimum absolute atomic E-state index is 0.0148. The molecule has 2 aromatic carbocycles. The summed E-state index contributed by atoms with van der Waals surface area (Å²) in [6.07, 6.45) is 0. The molecule has 0 radical (unpaired) electrons. The van der Waals surface area contributed by atoms with Crippen LogP contribution in [-0.4, -0.2) is 12.2 Å². The van der Waals surface area contributed by atoms with Crippen molar-refractivity contribution in [2.45, 2.75) is 13.2 Å². The first-order valence-corrected chi connectivity index (χ1v) is 6.83. The van der Waals surface area contributed by atoms with Crippen molar-refractivity contribution in [2.75, 3.05) is 7.05 Å². The first-order chi connectivity index (χ1) is 9.22. The summed E-state index contributed by atoms with van der Waals surface area (Å²) in [5.74, 6) is 1.54. The average Bonchev–Trinajstić information content (AvgIpc) is 2.42. The number of hydrogen-bond donors (Lipinski definition) is 2. The molecule has 0 saturated carbocycles. The summed E-state index contributed by atoms with van der Waals surface area (Å²) in [4.78, 5) is 0. The second-order valence-corrected chi connectivity index (χ2v) is 5.11. The normalized spacial score (nSPS) is 10.5. The molecule has 0 spiro atoms. The van der Waals surface area contributed by atoms with Gasteiger partial charge in [0, 0.05) is 16.6 Å². The van der Waals surface area contributed by atoms with Crippen molar-refractivity contribution >= 4 is 15.9 Å². The summed E-state index contributed by atoms with van der Waals surface area (Å²) in [7, 11) is 1.90. The minimum atomic E-state index is 0.0148. The molecule has 19 heavy (non-hydrogen) atoms. The molecular weight excluding hydrogens is 306 g/mol. The van der Waals surface area contributed by atoms with Gasteiger partial charge in [-0.05, 0) is 42.9 Å². The van der Waals surface area contributed by atoms with Crippen molar-refractivity contribution in [3.05, 3.63) is 58.1 Å². The fraction of sp³-hybridized carbons (Fsp3) is 0.200. The number of halogens is 1. The van der Waals surface area contributed by atoms with Crippen LogP contribution in [0.25, 0.3) is 0 Å². The first-order valence-electron chi connectivity index (χ1n) is 6.03. The molecule has 0 saturated heterocycles. The standard InChI is InChI=1S/C15H16BrNO2/c1-17-9-12-8-13(16)5-6-15(12)19-14-4-2-3-11(7-14)10-18/h2-8,17-18H,9-10H2,1H3. The van der Waals surface area contributed by atoms with Crippen LogP contribution in [0, 0.1) is 0 Å². The second kappa shape index (κ2) is 6.70. The molecule has 0 fully saturated rings. The van der Waals surface area contributed by atoms with Crippen molar-refractivity contribution in [3.63, 3.8) is 0 Å². The molecule has 0 heterocycles. The lowest BCUT2D eigenvalue weighted by atomic mass is 10.2. The van der Waals surface area contributed by atoms with Gasteiger partial charge in [-0.2, -0.15) is 0 Å². The van der Waals surface area contributed by atoms with Gasteiger partial charge in [-0.3, -0.25) is 0 Å². The van der Waals surface area contributed by atoms with Gasteiger partial charge >= 0.3 is 0 Å². The minimum Gasteiger partial charge on any atom is -0.457 e. The van der Waals surface area contributed by atoms with Gasteiger partial charge in [0.25, 0.3) is 0 Å². The summed E-state index contributed by atoms with van der Waals surface area (Å²) < 4.78 is 6.91. The Kier molecular flexibility index (Phi) is 4.96. The van der Waals surface area contributed by atoms with E-state index in [2.05, 4.69) is 21.2 Å². The van der Waals surface area contributed by atoms with Gasteiger partial charge in [-0.1, -0.05) is 28.1 Å². The number of nitrogens with one attached hydrogen (secondary N) is 1. The Morgan fingerprint density at radius 2 is 2.05 bits per heavy atom. The fourth-order valence-electron chi connectivity index (χ4n) is 1.81. The van der Waals surface area contributed by atoms with Crippen molar-refractivity contribution in [1.29, 1.82) is 0 Å². The number of aliphatic hydroxyl groups excluding tert-OH is 1. The molecule has 100 valence electrons. The second-order valence-electron chi connectivity index (χ2n) is 4.19. The van der Waals surface area contributed by atoms with Gasteiger partial charge in [-0.25, -0.2) is 0 Å². The van der Waals surface area contributed by atoms with Crippen LogP contribution in [0.5, 0.6) is 11.5 Å². The van der Waals surface area contributed by atoms with Crippen molar-refractivity contribution in [2.24, 2.45) is 0 Å². The van der Waals surface area contributed by atoms with E-state index < -0.39 is 0 Å². The molecule has 0 unspecified atom stereocenters. The quantitative estimate of drug-likeness (QED) is 0.886. The molecule has 0 aliphatic heterocycles. The van der Waals surface area contributed by atoms with Gasteiger partial charge in [0.15, 0.2) is 0 Å². The van der Waals surface area contributed by atoms with Crippen LogP contribution in [0.15, 0.2) is 46.9 Å². The van der Waals surface area contributed by atoms with Crippen LogP contribution in [0.4, 0.5) is 0 Å². The van der Waals surface area contributed by atoms with Crippen LogP contribution >= 0.6 is 15.9 Å². The Labute approximate surface area is 121 Å². The number of aliphatic hydroxyl groups is 1. The predicted molar refractivity (Wildman–Crippen MR) is 79.3 cm³/mol. The Morgan fingerprint density at radius 3 is 2.79 bits per heavy atom. The van der Waals surface area contributed by atoms with E-state index in [0.717, 1.165) is 33.6 Å². The van der Waals surface area contributed by atoms with E-state index in [9.17, 15) is 0 Å². The summed E-state index contributed by atoms with van der Waals surface area (Å²) in [6, 6.07) is 13.4. The zero-order chi connectivity index (χ0) is 13.7. The SMILES string of the molecule is CNCc1cc(Br)ccc1Oc1cccc(CO)c1. The Morgan fingerprint density at radius 1 is 1.21 bits per heavy atom. The average molecular weight is 322 g/mol. The lowest BCUT2D eigenvalue weighted by molar-refractivity contribution is 0.281. The highest BCUT2D eigenvalue weighted by Crippen LogP contribution is 2.28. The van der Waals surface area contributed by atoms with Crippen LogP contribution in [0.2, 0.25) is 0 Å². The highest BCUT2D eigenvalue weighted by atomic mass is 79.9. The predicted octanol–water partition coefficient (Wildman–Crippen LogP) is 3.45. The summed E-state index contributed by atoms with van der Waals surface area (Å²) >= 11 is 3.46. The number of hydrogen-bond acceptors (Lipinski definition) is 3. The first kappa shape index (κ1) is 14.1. The maximum Gasteiger partial charge on any atom is 0.131 e. The monoisotopic (exact) mass is 321 g/mol. The van der Waals surface area contributed by atoms with Gasteiger partial charge in [0.05, 0.1) is 6.61 Å². The Bertz CT molecular complexity index is 558. The molecule has 0 aromatic heterocycles. The highest BCUT2D eigenvalue weighted by Gasteiger charge is 2.06. The molecule has 3 nitrogen and oxygen atoms in total. The lowest BCUT2D eigenvalue weighted by Crippen LogP contribution is -2.06. The molecule has 2 N–H and O–H groups in total. The van der Waals surface area contributed by atoms with E-state index in [-0.39, 0.29) is 6.61 Å². The third kappa shape index (κ3) is 3.80. The summed E-state index contributed by atoms with van der Waals surface area (Å²) in [5.41, 5.74) is 1.91. The molecule has 2 aromatic rings. The van der Waals surface area contributed by atoms with E-state index in [0.29, 0.717) is 0 Å². The number of rotatable bonds is 5. The molecule has 0 aliphatic rings. The fourth-order valence-corrected chi connectivity index (χ4v) is 2.22. The summed E-state index contributed by atoms with van der Waals surface area (Å²) in [5, 5.41) is 12.3. The Hall–Kier alpha value is -1.36. The zero-order valence-electron chi connectivity index (χ0n) is 10.7. The van der Waals surface area contributed by atoms with Gasteiger partial charge in [0.1, 0.15) is 11.5 Å². The van der Waals surface area contributed by atoms with E-state index >= 15 is 0 Å². The maximum atomic E-state index is 9.13. The van der Waals surface area contributed by atoms with E-state index in [1.807, 2.05) is 49.5 Å². The number of ether oxygens (including phenoxy) is 1. The largest absolute Gasteiger partial charge is 0.457 e. The van der Waals surface area contributed by atoms with Crippen LogP contribution in [0.3, 0.4) is 0 Å². The molecule has 0 aliphatic carbocycles. The van der Waals surface area contributed by atoms with Gasteiger partial charge in [0.2, 0.25) is 0 Å². The third-order valence-electron chi connectivity index (χ3n) is 2.70. The zero-order valence-corrected chi connectivity index (χ0v) is 12.3. The molecule has 0 atom stereocenters. The smallest absolute Gasteiger partial charge is 0.131 e. The topological polar surface area (TPSA) is 41.5 Å². The summed E-state index contributed by atoms with van der Waals surface area (Å²) in [6.45, 7) is 0.745. The molecule has 4 heteroatoms. The van der Waals surface area contributed by atoms with Gasteiger partial charge < -0.3 is 15.2 Å². The van der Waals surface area contributed by atoms with Crippen LogP contribution in [0.1, 0.15) is 11.1 Å². The van der Waals surface area contributed by atoms with E-state index in [1.165, 1.54) is 0 Å². The van der Waals surface area contributed by atoms with E-state index in [1.54, 1.807) is 0 Å². The van der Waals surface area contributed by atoms with Crippen molar-refractivity contribution in [3.8, 4) is 11.5 Å². The molecule has 0 amide bonds. The maximum absolute atomic E-state index is 9.13.